The second-order valence-electron chi connectivity index (χ2n) is 3.69. The SMILES string of the molecule is COC(=O)Cc1sc(-c2ccc(C)o2)nc1C. The molecule has 2 rings (SSSR count). The number of esters is 1. The lowest BCUT2D eigenvalue weighted by atomic mass is 10.3. The van der Waals surface area contributed by atoms with Gasteiger partial charge in [0.2, 0.25) is 0 Å². The third-order valence-electron chi connectivity index (χ3n) is 2.38. The first kappa shape index (κ1) is 11.9. The number of ether oxygens (including phenoxy) is 1. The lowest BCUT2D eigenvalue weighted by Gasteiger charge is -1.95. The molecule has 0 aliphatic rings. The molecule has 2 aromatic heterocycles. The maximum absolute atomic E-state index is 11.2. The van der Waals surface area contributed by atoms with Crippen LogP contribution in [0.2, 0.25) is 0 Å². The predicted octanol–water partition coefficient (Wildman–Crippen LogP) is 2.74. The fraction of sp³-hybridized carbons (Fsp3) is 0.333. The van der Waals surface area contributed by atoms with Gasteiger partial charge in [-0.3, -0.25) is 4.79 Å². The Morgan fingerprint density at radius 2 is 2.24 bits per heavy atom. The van der Waals surface area contributed by atoms with E-state index in [2.05, 4.69) is 9.72 Å². The van der Waals surface area contributed by atoms with Gasteiger partial charge in [0.1, 0.15) is 5.76 Å². The first-order valence-corrected chi connectivity index (χ1v) is 6.01. The van der Waals surface area contributed by atoms with Crippen LogP contribution >= 0.6 is 11.3 Å². The summed E-state index contributed by atoms with van der Waals surface area (Å²) in [4.78, 5) is 16.5. The lowest BCUT2D eigenvalue weighted by Crippen LogP contribution is -2.03. The summed E-state index contributed by atoms with van der Waals surface area (Å²) >= 11 is 1.46. The molecule has 0 radical (unpaired) electrons. The van der Waals surface area contributed by atoms with Crippen molar-refractivity contribution >= 4 is 17.3 Å². The number of furan rings is 1. The van der Waals surface area contributed by atoms with Crippen LogP contribution in [0.5, 0.6) is 0 Å². The fourth-order valence-corrected chi connectivity index (χ4v) is 2.46. The Morgan fingerprint density at radius 3 is 2.82 bits per heavy atom. The zero-order valence-corrected chi connectivity index (χ0v) is 10.8. The predicted molar refractivity (Wildman–Crippen MR) is 65.0 cm³/mol. The first-order valence-electron chi connectivity index (χ1n) is 5.20. The van der Waals surface area contributed by atoms with Crippen LogP contribution in [-0.2, 0) is 16.0 Å². The van der Waals surface area contributed by atoms with Gasteiger partial charge in [-0.2, -0.15) is 0 Å². The van der Waals surface area contributed by atoms with E-state index in [0.717, 1.165) is 27.1 Å². The fourth-order valence-electron chi connectivity index (χ4n) is 1.45. The minimum atomic E-state index is -0.251. The van der Waals surface area contributed by atoms with Crippen LogP contribution < -0.4 is 0 Å². The maximum atomic E-state index is 11.2. The van der Waals surface area contributed by atoms with Gasteiger partial charge in [0, 0.05) is 4.88 Å². The molecule has 0 bridgehead atoms. The summed E-state index contributed by atoms with van der Waals surface area (Å²) in [5.74, 6) is 1.34. The van der Waals surface area contributed by atoms with Crippen LogP contribution in [0.1, 0.15) is 16.3 Å². The van der Waals surface area contributed by atoms with Crippen molar-refractivity contribution in [3.63, 3.8) is 0 Å². The zero-order chi connectivity index (χ0) is 12.4. The molecule has 5 heteroatoms. The number of methoxy groups -OCH3 is 1. The average molecular weight is 251 g/mol. The molecular formula is C12H13NO3S. The Bertz CT molecular complexity index is 542. The number of aromatic nitrogens is 1. The molecular weight excluding hydrogens is 238 g/mol. The Morgan fingerprint density at radius 1 is 1.47 bits per heavy atom. The molecule has 4 nitrogen and oxygen atoms in total. The standard InChI is InChI=1S/C12H13NO3S/c1-7-4-5-9(16-7)12-13-8(2)10(17-12)6-11(14)15-3/h4-5H,6H2,1-3H3. The lowest BCUT2D eigenvalue weighted by molar-refractivity contribution is -0.139. The second-order valence-corrected chi connectivity index (χ2v) is 4.77. The molecule has 0 N–H and O–H groups in total. The van der Waals surface area contributed by atoms with E-state index in [0.29, 0.717) is 0 Å². The molecule has 17 heavy (non-hydrogen) atoms. The minimum Gasteiger partial charge on any atom is -0.469 e. The van der Waals surface area contributed by atoms with Gasteiger partial charge in [0.05, 0.1) is 19.2 Å². The van der Waals surface area contributed by atoms with Gasteiger partial charge in [-0.1, -0.05) is 0 Å². The van der Waals surface area contributed by atoms with Crippen LogP contribution in [0.25, 0.3) is 10.8 Å². The molecule has 0 spiro atoms. The summed E-state index contributed by atoms with van der Waals surface area (Å²) in [5, 5.41) is 0.800. The molecule has 0 saturated heterocycles. The monoisotopic (exact) mass is 251 g/mol. The van der Waals surface area contributed by atoms with Gasteiger partial charge >= 0.3 is 5.97 Å². The number of thiazole rings is 1. The third kappa shape index (κ3) is 2.55. The summed E-state index contributed by atoms with van der Waals surface area (Å²) in [6, 6.07) is 3.78. The van der Waals surface area contributed by atoms with E-state index in [-0.39, 0.29) is 12.4 Å². The average Bonchev–Trinajstić information content (AvgIpc) is 2.86. The van der Waals surface area contributed by atoms with Gasteiger partial charge < -0.3 is 9.15 Å². The van der Waals surface area contributed by atoms with Gasteiger partial charge in [-0.05, 0) is 26.0 Å². The van der Waals surface area contributed by atoms with Crippen molar-refractivity contribution in [1.29, 1.82) is 0 Å². The molecule has 0 saturated carbocycles. The van der Waals surface area contributed by atoms with Crippen LogP contribution in [0.15, 0.2) is 16.5 Å². The smallest absolute Gasteiger partial charge is 0.310 e. The van der Waals surface area contributed by atoms with Crippen molar-refractivity contribution in [2.75, 3.05) is 7.11 Å². The van der Waals surface area contributed by atoms with E-state index >= 15 is 0 Å². The van der Waals surface area contributed by atoms with Gasteiger partial charge in [0.15, 0.2) is 10.8 Å². The molecule has 2 aromatic rings. The van der Waals surface area contributed by atoms with E-state index in [1.54, 1.807) is 0 Å². The van der Waals surface area contributed by atoms with Gasteiger partial charge in [0.25, 0.3) is 0 Å². The molecule has 0 aliphatic carbocycles. The third-order valence-corrected chi connectivity index (χ3v) is 3.55. The molecule has 2 heterocycles. The largest absolute Gasteiger partial charge is 0.469 e. The Labute approximate surface area is 103 Å². The highest BCUT2D eigenvalue weighted by Gasteiger charge is 2.14. The quantitative estimate of drug-likeness (QED) is 0.787. The number of nitrogens with zero attached hydrogens (tertiary/aromatic N) is 1. The van der Waals surface area contributed by atoms with Crippen molar-refractivity contribution in [2.45, 2.75) is 20.3 Å². The summed E-state index contributed by atoms with van der Waals surface area (Å²) in [5.41, 5.74) is 0.851. The number of hydrogen-bond donors (Lipinski definition) is 0. The number of hydrogen-bond acceptors (Lipinski definition) is 5. The van der Waals surface area contributed by atoms with E-state index in [1.807, 2.05) is 26.0 Å². The molecule has 0 aliphatic heterocycles. The molecule has 0 amide bonds. The number of carbonyl (C=O) groups excluding carboxylic acids is 1. The Hall–Kier alpha value is -1.62. The van der Waals surface area contributed by atoms with Crippen LogP contribution in [0, 0.1) is 13.8 Å². The molecule has 0 aromatic carbocycles. The molecule has 0 unspecified atom stereocenters. The molecule has 0 atom stereocenters. The Kier molecular flexibility index (Phi) is 3.28. The molecule has 0 fully saturated rings. The van der Waals surface area contributed by atoms with Crippen molar-refractivity contribution < 1.29 is 13.9 Å². The van der Waals surface area contributed by atoms with Crippen molar-refractivity contribution in [3.05, 3.63) is 28.5 Å². The van der Waals surface area contributed by atoms with Crippen LogP contribution in [0.3, 0.4) is 0 Å². The highest BCUT2D eigenvalue weighted by atomic mass is 32.1. The zero-order valence-electron chi connectivity index (χ0n) is 9.94. The van der Waals surface area contributed by atoms with Crippen molar-refractivity contribution in [3.8, 4) is 10.8 Å². The highest BCUT2D eigenvalue weighted by molar-refractivity contribution is 7.15. The normalized spacial score (nSPS) is 10.5. The molecule has 90 valence electrons. The summed E-state index contributed by atoms with van der Waals surface area (Å²) in [6.45, 7) is 3.77. The highest BCUT2D eigenvalue weighted by Crippen LogP contribution is 2.29. The van der Waals surface area contributed by atoms with E-state index in [9.17, 15) is 4.79 Å². The van der Waals surface area contributed by atoms with Crippen LogP contribution in [-0.4, -0.2) is 18.1 Å². The second kappa shape index (κ2) is 4.71. The van der Waals surface area contributed by atoms with Crippen molar-refractivity contribution in [1.82, 2.24) is 4.98 Å². The summed E-state index contributed by atoms with van der Waals surface area (Å²) in [7, 11) is 1.38. The summed E-state index contributed by atoms with van der Waals surface area (Å²) in [6.07, 6.45) is 0.264. The number of carbonyl (C=O) groups is 1. The maximum Gasteiger partial charge on any atom is 0.310 e. The minimum absolute atomic E-state index is 0.251. The van der Waals surface area contributed by atoms with Gasteiger partial charge in [-0.15, -0.1) is 11.3 Å². The van der Waals surface area contributed by atoms with Crippen LogP contribution in [0.4, 0.5) is 0 Å². The number of aryl methyl sites for hydroxylation is 2. The van der Waals surface area contributed by atoms with E-state index < -0.39 is 0 Å². The first-order chi connectivity index (χ1) is 8.10. The number of rotatable bonds is 3. The van der Waals surface area contributed by atoms with E-state index in [1.165, 1.54) is 18.4 Å². The van der Waals surface area contributed by atoms with E-state index in [4.69, 9.17) is 4.42 Å². The Balaban J connectivity index is 2.27. The topological polar surface area (TPSA) is 52.3 Å². The van der Waals surface area contributed by atoms with Gasteiger partial charge in [-0.25, -0.2) is 4.98 Å². The van der Waals surface area contributed by atoms with Crippen molar-refractivity contribution in [2.24, 2.45) is 0 Å². The summed E-state index contributed by atoms with van der Waals surface area (Å²) < 4.78 is 10.1.